The highest BCUT2D eigenvalue weighted by atomic mass is 32.2. The normalized spacial score (nSPS) is 20.4. The Kier molecular flexibility index (Phi) is 6.25. The van der Waals surface area contributed by atoms with Gasteiger partial charge in [0, 0.05) is 19.6 Å². The van der Waals surface area contributed by atoms with Crippen LogP contribution in [0, 0.1) is 17.8 Å². The molecule has 1 aliphatic heterocycles. The van der Waals surface area contributed by atoms with Crippen LogP contribution in [0.4, 0.5) is 0 Å². The molecule has 27 heavy (non-hydrogen) atoms. The van der Waals surface area contributed by atoms with E-state index in [-0.39, 0.29) is 11.5 Å². The molecular formula is C21H29N3O2S. The summed E-state index contributed by atoms with van der Waals surface area (Å²) in [4.78, 5) is 32.3. The highest BCUT2D eigenvalue weighted by Crippen LogP contribution is 2.23. The first kappa shape index (κ1) is 19.9. The van der Waals surface area contributed by atoms with Crippen LogP contribution in [-0.4, -0.2) is 39.2 Å². The summed E-state index contributed by atoms with van der Waals surface area (Å²) in [6.07, 6.45) is 1.18. The van der Waals surface area contributed by atoms with Crippen molar-refractivity contribution < 1.29 is 4.79 Å². The number of likely N-dealkylation sites (tertiary alicyclic amines) is 1. The number of nitrogens with zero attached hydrogens (tertiary/aromatic N) is 3. The molecular weight excluding hydrogens is 358 g/mol. The second kappa shape index (κ2) is 8.46. The molecule has 0 saturated carbocycles. The van der Waals surface area contributed by atoms with Gasteiger partial charge in [0.25, 0.3) is 5.56 Å². The lowest BCUT2D eigenvalue weighted by atomic mass is 9.92. The fourth-order valence-corrected chi connectivity index (χ4v) is 4.78. The van der Waals surface area contributed by atoms with Crippen molar-refractivity contribution in [3.63, 3.8) is 0 Å². The zero-order valence-electron chi connectivity index (χ0n) is 16.6. The van der Waals surface area contributed by atoms with Crippen LogP contribution >= 0.6 is 11.8 Å². The minimum Gasteiger partial charge on any atom is -0.341 e. The number of carbonyl (C=O) groups excluding carboxylic acids is 1. The van der Waals surface area contributed by atoms with Crippen LogP contribution < -0.4 is 5.56 Å². The summed E-state index contributed by atoms with van der Waals surface area (Å²) in [5, 5.41) is 1.27. The second-order valence-corrected chi connectivity index (χ2v) is 9.20. The highest BCUT2D eigenvalue weighted by molar-refractivity contribution is 7.99. The van der Waals surface area contributed by atoms with E-state index in [0.717, 1.165) is 13.1 Å². The Hall–Kier alpha value is -1.82. The van der Waals surface area contributed by atoms with E-state index in [0.29, 0.717) is 46.1 Å². The molecule has 2 heterocycles. The number of thioether (sulfide) groups is 1. The maximum absolute atomic E-state index is 12.9. The summed E-state index contributed by atoms with van der Waals surface area (Å²) in [6.45, 7) is 10.8. The van der Waals surface area contributed by atoms with Gasteiger partial charge in [-0.15, -0.1) is 0 Å². The summed E-state index contributed by atoms with van der Waals surface area (Å²) in [6, 6.07) is 7.42. The molecule has 6 heteroatoms. The first-order valence-corrected chi connectivity index (χ1v) is 10.7. The third kappa shape index (κ3) is 4.72. The number of aromatic nitrogens is 2. The molecule has 1 saturated heterocycles. The third-order valence-corrected chi connectivity index (χ3v) is 5.88. The number of piperidine rings is 1. The lowest BCUT2D eigenvalue weighted by molar-refractivity contribution is -0.130. The third-order valence-electron chi connectivity index (χ3n) is 4.92. The Balaban J connectivity index is 1.83. The molecule has 0 aliphatic carbocycles. The molecule has 0 bridgehead atoms. The van der Waals surface area contributed by atoms with E-state index in [1.54, 1.807) is 4.57 Å². The van der Waals surface area contributed by atoms with Gasteiger partial charge in [0.2, 0.25) is 5.91 Å². The maximum Gasteiger partial charge on any atom is 0.262 e. The molecule has 0 unspecified atom stereocenters. The summed E-state index contributed by atoms with van der Waals surface area (Å²) in [5.74, 6) is 1.87. The van der Waals surface area contributed by atoms with Crippen LogP contribution in [-0.2, 0) is 11.3 Å². The molecule has 3 rings (SSSR count). The van der Waals surface area contributed by atoms with Crippen molar-refractivity contribution in [2.75, 3.05) is 18.8 Å². The van der Waals surface area contributed by atoms with Crippen LogP contribution in [0.15, 0.2) is 34.2 Å². The molecule has 2 atom stereocenters. The highest BCUT2D eigenvalue weighted by Gasteiger charge is 2.25. The van der Waals surface area contributed by atoms with Gasteiger partial charge in [-0.2, -0.15) is 0 Å². The van der Waals surface area contributed by atoms with E-state index in [1.807, 2.05) is 29.2 Å². The van der Waals surface area contributed by atoms with Crippen molar-refractivity contribution in [1.29, 1.82) is 0 Å². The predicted molar refractivity (Wildman–Crippen MR) is 111 cm³/mol. The standard InChI is InChI=1S/C21H29N3O2S/c1-14(2)10-24-20(26)17-7-5-6-8-18(17)22-21(24)27-13-19(25)23-11-15(3)9-16(4)12-23/h5-8,14-16H,9-13H2,1-4H3/t15-,16-/m0/s1. The molecule has 5 nitrogen and oxygen atoms in total. The lowest BCUT2D eigenvalue weighted by Crippen LogP contribution is -2.43. The number of fused-ring (bicyclic) bond motifs is 1. The van der Waals surface area contributed by atoms with E-state index >= 15 is 0 Å². The smallest absolute Gasteiger partial charge is 0.262 e. The van der Waals surface area contributed by atoms with Gasteiger partial charge in [0.15, 0.2) is 5.16 Å². The number of benzene rings is 1. The Bertz CT molecular complexity index is 867. The van der Waals surface area contributed by atoms with Crippen LogP contribution in [0.25, 0.3) is 10.9 Å². The van der Waals surface area contributed by atoms with Crippen molar-refractivity contribution >= 4 is 28.6 Å². The van der Waals surface area contributed by atoms with Gasteiger partial charge in [0.05, 0.1) is 16.7 Å². The number of para-hydroxylation sites is 1. The number of hydrogen-bond acceptors (Lipinski definition) is 4. The zero-order chi connectivity index (χ0) is 19.6. The molecule has 0 spiro atoms. The van der Waals surface area contributed by atoms with Crippen molar-refractivity contribution in [2.45, 2.75) is 45.8 Å². The summed E-state index contributed by atoms with van der Waals surface area (Å²) < 4.78 is 1.73. The van der Waals surface area contributed by atoms with Crippen molar-refractivity contribution in [2.24, 2.45) is 17.8 Å². The van der Waals surface area contributed by atoms with Gasteiger partial charge in [0.1, 0.15) is 0 Å². The monoisotopic (exact) mass is 387 g/mol. The molecule has 1 aromatic carbocycles. The minimum atomic E-state index is -0.0236. The van der Waals surface area contributed by atoms with Gasteiger partial charge >= 0.3 is 0 Å². The molecule has 0 N–H and O–H groups in total. The zero-order valence-corrected chi connectivity index (χ0v) is 17.5. The van der Waals surface area contributed by atoms with E-state index in [4.69, 9.17) is 4.98 Å². The topological polar surface area (TPSA) is 55.2 Å². The maximum atomic E-state index is 12.9. The van der Waals surface area contributed by atoms with Crippen molar-refractivity contribution in [1.82, 2.24) is 14.5 Å². The Morgan fingerprint density at radius 2 is 1.89 bits per heavy atom. The number of rotatable bonds is 5. The summed E-state index contributed by atoms with van der Waals surface area (Å²) in [5.41, 5.74) is 0.669. The van der Waals surface area contributed by atoms with Crippen molar-refractivity contribution in [3.05, 3.63) is 34.6 Å². The van der Waals surface area contributed by atoms with Crippen LogP contribution in [0.3, 0.4) is 0 Å². The molecule has 1 fully saturated rings. The minimum absolute atomic E-state index is 0.0236. The number of hydrogen-bond donors (Lipinski definition) is 0. The molecule has 2 aromatic rings. The molecule has 1 amide bonds. The van der Waals surface area contributed by atoms with E-state index in [2.05, 4.69) is 27.7 Å². The Morgan fingerprint density at radius 1 is 1.22 bits per heavy atom. The molecule has 1 aromatic heterocycles. The summed E-state index contributed by atoms with van der Waals surface area (Å²) >= 11 is 1.38. The number of carbonyl (C=O) groups is 1. The first-order valence-electron chi connectivity index (χ1n) is 9.75. The first-order chi connectivity index (χ1) is 12.8. The number of amides is 1. The molecule has 1 aliphatic rings. The quantitative estimate of drug-likeness (QED) is 0.580. The Morgan fingerprint density at radius 3 is 2.56 bits per heavy atom. The van der Waals surface area contributed by atoms with E-state index in [9.17, 15) is 9.59 Å². The van der Waals surface area contributed by atoms with Gasteiger partial charge in [-0.3, -0.25) is 14.2 Å². The van der Waals surface area contributed by atoms with Crippen LogP contribution in [0.5, 0.6) is 0 Å². The SMILES string of the molecule is CC(C)Cn1c(SCC(=O)N2C[C@@H](C)C[C@H](C)C2)nc2ccccc2c1=O. The lowest BCUT2D eigenvalue weighted by Gasteiger charge is -2.35. The Labute approximate surface area is 165 Å². The van der Waals surface area contributed by atoms with E-state index in [1.165, 1.54) is 18.2 Å². The largest absolute Gasteiger partial charge is 0.341 e. The van der Waals surface area contributed by atoms with Gasteiger partial charge in [-0.25, -0.2) is 4.98 Å². The predicted octanol–water partition coefficient (Wildman–Crippen LogP) is 3.65. The fourth-order valence-electron chi connectivity index (χ4n) is 3.87. The van der Waals surface area contributed by atoms with Crippen LogP contribution in [0.2, 0.25) is 0 Å². The molecule has 0 radical (unpaired) electrons. The van der Waals surface area contributed by atoms with Crippen molar-refractivity contribution in [3.8, 4) is 0 Å². The average Bonchev–Trinajstić information content (AvgIpc) is 2.61. The van der Waals surface area contributed by atoms with Crippen LogP contribution in [0.1, 0.15) is 34.1 Å². The van der Waals surface area contributed by atoms with Gasteiger partial charge < -0.3 is 4.90 Å². The second-order valence-electron chi connectivity index (χ2n) is 8.25. The van der Waals surface area contributed by atoms with E-state index < -0.39 is 0 Å². The summed E-state index contributed by atoms with van der Waals surface area (Å²) in [7, 11) is 0. The molecule has 146 valence electrons. The fraction of sp³-hybridized carbons (Fsp3) is 0.571. The van der Waals surface area contributed by atoms with Gasteiger partial charge in [-0.1, -0.05) is 51.6 Å². The van der Waals surface area contributed by atoms with Gasteiger partial charge in [-0.05, 0) is 36.3 Å². The average molecular weight is 388 g/mol.